The number of likely N-dealkylation sites (tertiary alicyclic amines) is 1. The van der Waals surface area contributed by atoms with Crippen LogP contribution in [0.5, 0.6) is 6.01 Å². The number of nitriles is 1. The molecule has 0 N–H and O–H groups in total. The van der Waals surface area contributed by atoms with Gasteiger partial charge in [0.1, 0.15) is 12.4 Å². The Morgan fingerprint density at radius 2 is 1.65 bits per heavy atom. The first-order valence-corrected chi connectivity index (χ1v) is 16.8. The summed E-state index contributed by atoms with van der Waals surface area (Å²) < 4.78 is 52.0. The number of fused-ring (bicyclic) bond motifs is 1. The summed E-state index contributed by atoms with van der Waals surface area (Å²) in [5.74, 6) is 0.607. The van der Waals surface area contributed by atoms with E-state index in [1.165, 1.54) is 45.2 Å². The molecule has 264 valence electrons. The Morgan fingerprint density at radius 3 is 2.29 bits per heavy atom. The molecule has 3 aliphatic rings. The zero-order valence-corrected chi connectivity index (χ0v) is 28.7. The molecular weight excluding hydrogens is 635 g/mol. The third kappa shape index (κ3) is 9.75. The Labute approximate surface area is 287 Å². The van der Waals surface area contributed by atoms with Crippen LogP contribution >= 0.6 is 0 Å². The molecule has 4 heterocycles. The molecule has 1 atom stereocenters. The summed E-state index contributed by atoms with van der Waals surface area (Å²) in [5, 5.41) is 9.50. The van der Waals surface area contributed by atoms with Crippen molar-refractivity contribution in [3.05, 3.63) is 77.0 Å². The van der Waals surface area contributed by atoms with Crippen LogP contribution in [0, 0.1) is 11.3 Å². The average molecular weight is 682 g/mol. The Hall–Kier alpha value is -4.57. The lowest BCUT2D eigenvalue weighted by Gasteiger charge is -2.42. The van der Waals surface area contributed by atoms with Gasteiger partial charge in [-0.15, -0.1) is 0 Å². The largest absolute Gasteiger partial charge is 0.467 e. The molecule has 1 aromatic heterocycles. The number of rotatable bonds is 6. The van der Waals surface area contributed by atoms with Crippen molar-refractivity contribution in [1.29, 1.82) is 5.26 Å². The van der Waals surface area contributed by atoms with Gasteiger partial charge in [0.15, 0.2) is 0 Å². The third-order valence-corrected chi connectivity index (χ3v) is 8.63. The maximum atomic E-state index is 13.7. The van der Waals surface area contributed by atoms with E-state index in [1.807, 2.05) is 49.1 Å². The van der Waals surface area contributed by atoms with Crippen LogP contribution < -0.4 is 14.5 Å². The number of carbonyl (C=O) groups is 1. The number of anilines is 2. The standard InChI is InChI=1S/C29H29F3N6O3.C5H11N.C2H6/c1-40-27-34-24-18-36(25-10-6-5-9-23(25)29(30,31)32)14-12-22(24)26(35-27)37-15-16-38(21(17-37)11-13-33)28(39)41-19-20-7-3-2-4-8-20;1-6-4-2-3-5-6;1-2/h2-10,21H,11-12,14-19H2,1H3;2-5H2,1H3;1-2H3. The average Bonchev–Trinajstić information content (AvgIpc) is 3.62. The number of ether oxygens (including phenoxy) is 2. The molecule has 13 heteroatoms. The van der Waals surface area contributed by atoms with E-state index in [-0.39, 0.29) is 31.3 Å². The van der Waals surface area contributed by atoms with E-state index in [2.05, 4.69) is 28.0 Å². The quantitative estimate of drug-likeness (QED) is 0.287. The van der Waals surface area contributed by atoms with Crippen LogP contribution in [0.3, 0.4) is 0 Å². The predicted octanol–water partition coefficient (Wildman–Crippen LogP) is 6.55. The second kappa shape index (κ2) is 17.7. The minimum Gasteiger partial charge on any atom is -0.467 e. The van der Waals surface area contributed by atoms with E-state index in [0.29, 0.717) is 44.1 Å². The van der Waals surface area contributed by atoms with Gasteiger partial charge in [-0.1, -0.05) is 56.3 Å². The number of hydrogen-bond acceptors (Lipinski definition) is 9. The van der Waals surface area contributed by atoms with Crippen LogP contribution in [0.2, 0.25) is 0 Å². The SMILES string of the molecule is CC.CN1CCCC1.COc1nc2c(c(N3CCN(C(=O)OCc4ccccc4)C(CC#N)C3)n1)CCN(c1ccccc1C(F)(F)F)C2. The van der Waals surface area contributed by atoms with Crippen molar-refractivity contribution in [3.63, 3.8) is 0 Å². The van der Waals surface area contributed by atoms with Gasteiger partial charge in [-0.25, -0.2) is 4.79 Å². The van der Waals surface area contributed by atoms with Gasteiger partial charge in [0.2, 0.25) is 0 Å². The van der Waals surface area contributed by atoms with Crippen LogP contribution in [-0.2, 0) is 30.5 Å². The van der Waals surface area contributed by atoms with E-state index >= 15 is 0 Å². The van der Waals surface area contributed by atoms with Gasteiger partial charge in [0.25, 0.3) is 0 Å². The summed E-state index contributed by atoms with van der Waals surface area (Å²) in [5.41, 5.74) is 1.67. The van der Waals surface area contributed by atoms with E-state index in [4.69, 9.17) is 9.47 Å². The van der Waals surface area contributed by atoms with Crippen molar-refractivity contribution < 1.29 is 27.4 Å². The van der Waals surface area contributed by atoms with Gasteiger partial charge in [0.05, 0.1) is 43.4 Å². The number of halogens is 3. The molecule has 0 radical (unpaired) electrons. The zero-order valence-electron chi connectivity index (χ0n) is 28.7. The number of benzene rings is 2. The highest BCUT2D eigenvalue weighted by Crippen LogP contribution is 2.39. The Morgan fingerprint density at radius 1 is 0.959 bits per heavy atom. The van der Waals surface area contributed by atoms with Crippen LogP contribution in [0.1, 0.15) is 55.5 Å². The fourth-order valence-corrected chi connectivity index (χ4v) is 6.18. The van der Waals surface area contributed by atoms with E-state index < -0.39 is 23.9 Å². The van der Waals surface area contributed by atoms with Crippen molar-refractivity contribution in [2.24, 2.45) is 0 Å². The van der Waals surface area contributed by atoms with Crippen LogP contribution in [-0.4, -0.2) is 85.3 Å². The van der Waals surface area contributed by atoms with Crippen molar-refractivity contribution in [3.8, 4) is 12.1 Å². The highest BCUT2D eigenvalue weighted by Gasteiger charge is 2.37. The highest BCUT2D eigenvalue weighted by atomic mass is 19.4. The number of nitrogens with zero attached hydrogens (tertiary/aromatic N) is 7. The molecule has 0 bridgehead atoms. The van der Waals surface area contributed by atoms with Crippen molar-refractivity contribution >= 4 is 17.6 Å². The van der Waals surface area contributed by atoms with Crippen LogP contribution in [0.15, 0.2) is 54.6 Å². The summed E-state index contributed by atoms with van der Waals surface area (Å²) in [4.78, 5) is 29.6. The Kier molecular flexibility index (Phi) is 13.5. The van der Waals surface area contributed by atoms with Gasteiger partial charge < -0.3 is 29.1 Å². The lowest BCUT2D eigenvalue weighted by atomic mass is 10.0. The normalized spacial score (nSPS) is 17.5. The third-order valence-electron chi connectivity index (χ3n) is 8.63. The molecule has 0 saturated carbocycles. The summed E-state index contributed by atoms with van der Waals surface area (Å²) in [7, 11) is 3.61. The van der Waals surface area contributed by atoms with Crippen LogP contribution in [0.4, 0.5) is 29.5 Å². The molecular formula is C36H46F3N7O3. The van der Waals surface area contributed by atoms with E-state index in [1.54, 1.807) is 15.9 Å². The summed E-state index contributed by atoms with van der Waals surface area (Å²) in [6, 6.07) is 16.7. The van der Waals surface area contributed by atoms with E-state index in [9.17, 15) is 23.2 Å². The molecule has 0 aliphatic carbocycles. The number of carbonyl (C=O) groups excluding carboxylic acids is 1. The number of para-hydroxylation sites is 1. The van der Waals surface area contributed by atoms with Crippen molar-refractivity contribution in [2.45, 2.75) is 64.9 Å². The maximum Gasteiger partial charge on any atom is 0.418 e. The Bertz CT molecular complexity index is 1550. The highest BCUT2D eigenvalue weighted by molar-refractivity contribution is 5.69. The number of methoxy groups -OCH3 is 1. The smallest absolute Gasteiger partial charge is 0.418 e. The molecule has 1 amide bonds. The molecule has 3 aliphatic heterocycles. The molecule has 10 nitrogen and oxygen atoms in total. The summed E-state index contributed by atoms with van der Waals surface area (Å²) in [6.45, 7) is 8.34. The zero-order chi connectivity index (χ0) is 35.4. The maximum absolute atomic E-state index is 13.7. The predicted molar refractivity (Wildman–Crippen MR) is 182 cm³/mol. The van der Waals surface area contributed by atoms with Gasteiger partial charge in [-0.3, -0.25) is 0 Å². The lowest BCUT2D eigenvalue weighted by molar-refractivity contribution is -0.137. The Balaban J connectivity index is 0.000000602. The molecule has 1 unspecified atom stereocenters. The molecule has 2 saturated heterocycles. The second-order valence-electron chi connectivity index (χ2n) is 11.9. The van der Waals surface area contributed by atoms with Gasteiger partial charge in [-0.2, -0.15) is 28.4 Å². The van der Waals surface area contributed by atoms with Gasteiger partial charge in [0, 0.05) is 37.4 Å². The topological polar surface area (TPSA) is 98.1 Å². The molecule has 3 aromatic rings. The number of aromatic nitrogens is 2. The molecule has 6 rings (SSSR count). The van der Waals surface area contributed by atoms with Gasteiger partial charge in [-0.05, 0) is 57.1 Å². The first kappa shape index (κ1) is 37.3. The summed E-state index contributed by atoms with van der Waals surface area (Å²) in [6.07, 6.45) is -1.63. The first-order chi connectivity index (χ1) is 23.7. The van der Waals surface area contributed by atoms with Gasteiger partial charge >= 0.3 is 18.3 Å². The number of amides is 1. The second-order valence-corrected chi connectivity index (χ2v) is 11.9. The minimum absolute atomic E-state index is 0.0986. The lowest BCUT2D eigenvalue weighted by Crippen LogP contribution is -2.55. The molecule has 0 spiro atoms. The molecule has 2 aromatic carbocycles. The number of alkyl halides is 3. The number of hydrogen-bond donors (Lipinski definition) is 0. The van der Waals surface area contributed by atoms with Crippen molar-refractivity contribution in [1.82, 2.24) is 19.8 Å². The van der Waals surface area contributed by atoms with Crippen LogP contribution in [0.25, 0.3) is 0 Å². The molecule has 2 fully saturated rings. The fraction of sp³-hybridized carbons (Fsp3) is 0.500. The van der Waals surface area contributed by atoms with E-state index in [0.717, 1.165) is 17.2 Å². The fourth-order valence-electron chi connectivity index (χ4n) is 6.18. The summed E-state index contributed by atoms with van der Waals surface area (Å²) >= 11 is 0. The monoisotopic (exact) mass is 681 g/mol. The minimum atomic E-state index is -4.48. The number of piperazine rings is 1. The molecule has 49 heavy (non-hydrogen) atoms. The first-order valence-electron chi connectivity index (χ1n) is 16.8. The van der Waals surface area contributed by atoms with Crippen molar-refractivity contribution in [2.75, 3.05) is 63.2 Å².